The minimum absolute atomic E-state index is 0.276. The summed E-state index contributed by atoms with van der Waals surface area (Å²) in [4.78, 5) is 14.0. The number of halogens is 1. The first-order chi connectivity index (χ1) is 9.63. The van der Waals surface area contributed by atoms with Gasteiger partial charge in [-0.3, -0.25) is 0 Å². The van der Waals surface area contributed by atoms with Gasteiger partial charge in [-0.1, -0.05) is 34.6 Å². The Kier molecular flexibility index (Phi) is 5.26. The lowest BCUT2D eigenvalue weighted by atomic mass is 10.1. The van der Waals surface area contributed by atoms with Gasteiger partial charge in [-0.15, -0.1) is 0 Å². The highest BCUT2D eigenvalue weighted by Gasteiger charge is 2.11. The molecular weight excluding hydrogens is 336 g/mol. The first kappa shape index (κ1) is 15.1. The molecule has 0 aromatic heterocycles. The van der Waals surface area contributed by atoms with Gasteiger partial charge in [0.05, 0.1) is 12.7 Å². The van der Waals surface area contributed by atoms with Crippen molar-refractivity contribution in [1.82, 2.24) is 0 Å². The maximum Gasteiger partial charge on any atom is 0.338 e. The first-order valence-electron chi connectivity index (χ1n) is 6.28. The van der Waals surface area contributed by atoms with Gasteiger partial charge in [-0.05, 0) is 54.4 Å². The van der Waals surface area contributed by atoms with E-state index in [-0.39, 0.29) is 5.97 Å². The molecule has 0 atom stereocenters. The van der Waals surface area contributed by atoms with Crippen LogP contribution in [0.5, 0.6) is 0 Å². The van der Waals surface area contributed by atoms with Crippen LogP contribution in [0.3, 0.4) is 0 Å². The van der Waals surface area contributed by atoms with Crippen molar-refractivity contribution in [3.05, 3.63) is 58.1 Å². The molecule has 0 saturated heterocycles. The number of esters is 1. The van der Waals surface area contributed by atoms with Crippen molar-refractivity contribution in [2.75, 3.05) is 7.11 Å². The van der Waals surface area contributed by atoms with Gasteiger partial charge in [-0.2, -0.15) is 0 Å². The predicted molar refractivity (Wildman–Crippen MR) is 85.4 cm³/mol. The lowest BCUT2D eigenvalue weighted by Gasteiger charge is -2.09. The van der Waals surface area contributed by atoms with Crippen LogP contribution in [0, 0.1) is 0 Å². The molecule has 0 saturated carbocycles. The summed E-state index contributed by atoms with van der Waals surface area (Å²) in [6.07, 6.45) is 0.805. The third kappa shape index (κ3) is 3.64. The van der Waals surface area contributed by atoms with Crippen molar-refractivity contribution in [3.8, 4) is 0 Å². The van der Waals surface area contributed by atoms with E-state index in [1.54, 1.807) is 11.8 Å². The number of hydrogen-bond donors (Lipinski definition) is 0. The topological polar surface area (TPSA) is 26.3 Å². The van der Waals surface area contributed by atoms with Crippen LogP contribution in [0.4, 0.5) is 0 Å². The molecule has 0 N–H and O–H groups in total. The Morgan fingerprint density at radius 1 is 1.15 bits per heavy atom. The van der Waals surface area contributed by atoms with Crippen LogP contribution in [0.2, 0.25) is 0 Å². The molecule has 2 aromatic carbocycles. The average Bonchev–Trinajstić information content (AvgIpc) is 2.48. The van der Waals surface area contributed by atoms with Crippen molar-refractivity contribution in [3.63, 3.8) is 0 Å². The maximum atomic E-state index is 11.7. The molecule has 20 heavy (non-hydrogen) atoms. The van der Waals surface area contributed by atoms with E-state index < -0.39 is 0 Å². The molecule has 0 heterocycles. The van der Waals surface area contributed by atoms with Crippen LogP contribution in [0.15, 0.2) is 56.7 Å². The standard InChI is InChI=1S/C16H15BrO2S/c1-3-11-10-14(8-9-15(11)16(18)19-2)20-13-6-4-12(17)5-7-13/h4-10H,3H2,1-2H3. The van der Waals surface area contributed by atoms with Crippen molar-refractivity contribution in [2.45, 2.75) is 23.1 Å². The monoisotopic (exact) mass is 350 g/mol. The third-order valence-corrected chi connectivity index (χ3v) is 4.44. The number of hydrogen-bond acceptors (Lipinski definition) is 3. The Balaban J connectivity index is 2.25. The second kappa shape index (κ2) is 6.95. The van der Waals surface area contributed by atoms with E-state index in [9.17, 15) is 4.79 Å². The molecule has 104 valence electrons. The van der Waals surface area contributed by atoms with Crippen LogP contribution in [0.25, 0.3) is 0 Å². The largest absolute Gasteiger partial charge is 0.465 e. The van der Waals surface area contributed by atoms with Gasteiger partial charge in [0.2, 0.25) is 0 Å². The summed E-state index contributed by atoms with van der Waals surface area (Å²) in [6, 6.07) is 14.0. The first-order valence-corrected chi connectivity index (χ1v) is 7.89. The van der Waals surface area contributed by atoms with Gasteiger partial charge in [0.25, 0.3) is 0 Å². The summed E-state index contributed by atoms with van der Waals surface area (Å²) in [5.74, 6) is -0.276. The molecule has 2 nitrogen and oxygen atoms in total. The summed E-state index contributed by atoms with van der Waals surface area (Å²) in [5, 5.41) is 0. The third-order valence-electron chi connectivity index (χ3n) is 2.91. The van der Waals surface area contributed by atoms with Crippen LogP contribution < -0.4 is 0 Å². The summed E-state index contributed by atoms with van der Waals surface area (Å²) < 4.78 is 5.87. The molecule has 0 aliphatic carbocycles. The number of carbonyl (C=O) groups excluding carboxylic acids is 1. The fourth-order valence-electron chi connectivity index (χ4n) is 1.87. The Morgan fingerprint density at radius 2 is 1.80 bits per heavy atom. The van der Waals surface area contributed by atoms with Crippen LogP contribution in [-0.4, -0.2) is 13.1 Å². The summed E-state index contributed by atoms with van der Waals surface area (Å²) in [5.41, 5.74) is 1.66. The van der Waals surface area contributed by atoms with Gasteiger partial charge in [0.15, 0.2) is 0 Å². The van der Waals surface area contributed by atoms with E-state index in [0.29, 0.717) is 5.56 Å². The number of ether oxygens (including phenoxy) is 1. The second-order valence-electron chi connectivity index (χ2n) is 4.22. The van der Waals surface area contributed by atoms with Crippen LogP contribution >= 0.6 is 27.7 Å². The lowest BCUT2D eigenvalue weighted by molar-refractivity contribution is 0.0599. The Hall–Kier alpha value is -1.26. The average molecular weight is 351 g/mol. The zero-order chi connectivity index (χ0) is 14.5. The number of methoxy groups -OCH3 is 1. The van der Waals surface area contributed by atoms with E-state index in [1.165, 1.54) is 12.0 Å². The van der Waals surface area contributed by atoms with E-state index in [1.807, 2.05) is 31.2 Å². The zero-order valence-electron chi connectivity index (χ0n) is 11.4. The van der Waals surface area contributed by atoms with Crippen molar-refractivity contribution >= 4 is 33.7 Å². The highest BCUT2D eigenvalue weighted by atomic mass is 79.9. The molecule has 0 bridgehead atoms. The SMILES string of the molecule is CCc1cc(Sc2ccc(Br)cc2)ccc1C(=O)OC. The van der Waals surface area contributed by atoms with Gasteiger partial charge in [0.1, 0.15) is 0 Å². The van der Waals surface area contributed by atoms with Crippen molar-refractivity contribution in [2.24, 2.45) is 0 Å². The van der Waals surface area contributed by atoms with E-state index in [0.717, 1.165) is 21.4 Å². The van der Waals surface area contributed by atoms with E-state index >= 15 is 0 Å². The van der Waals surface area contributed by atoms with Gasteiger partial charge >= 0.3 is 5.97 Å². The summed E-state index contributed by atoms with van der Waals surface area (Å²) in [7, 11) is 1.41. The zero-order valence-corrected chi connectivity index (χ0v) is 13.8. The highest BCUT2D eigenvalue weighted by Crippen LogP contribution is 2.30. The number of rotatable bonds is 4. The van der Waals surface area contributed by atoms with E-state index in [4.69, 9.17) is 4.74 Å². The molecule has 2 rings (SSSR count). The number of benzene rings is 2. The second-order valence-corrected chi connectivity index (χ2v) is 6.28. The number of aryl methyl sites for hydroxylation is 1. The number of carbonyl (C=O) groups is 1. The Bertz CT molecular complexity index is 608. The smallest absolute Gasteiger partial charge is 0.338 e. The Morgan fingerprint density at radius 3 is 2.40 bits per heavy atom. The molecule has 0 radical (unpaired) electrons. The molecule has 0 amide bonds. The van der Waals surface area contributed by atoms with Gasteiger partial charge < -0.3 is 4.74 Å². The molecule has 0 aliphatic heterocycles. The molecule has 4 heteroatoms. The quantitative estimate of drug-likeness (QED) is 0.729. The summed E-state index contributed by atoms with van der Waals surface area (Å²) in [6.45, 7) is 2.04. The minimum Gasteiger partial charge on any atom is -0.465 e. The van der Waals surface area contributed by atoms with Gasteiger partial charge in [-0.25, -0.2) is 4.79 Å². The molecule has 0 aliphatic rings. The lowest BCUT2D eigenvalue weighted by Crippen LogP contribution is -2.05. The molecular formula is C16H15BrO2S. The highest BCUT2D eigenvalue weighted by molar-refractivity contribution is 9.10. The molecule has 0 unspecified atom stereocenters. The maximum absolute atomic E-state index is 11.7. The summed E-state index contributed by atoms with van der Waals surface area (Å²) >= 11 is 5.11. The fourth-order valence-corrected chi connectivity index (χ4v) is 3.02. The normalized spacial score (nSPS) is 10.3. The van der Waals surface area contributed by atoms with Crippen molar-refractivity contribution < 1.29 is 9.53 Å². The van der Waals surface area contributed by atoms with Gasteiger partial charge in [0, 0.05) is 14.3 Å². The molecule has 2 aromatic rings. The fraction of sp³-hybridized carbons (Fsp3) is 0.188. The van der Waals surface area contributed by atoms with Crippen molar-refractivity contribution in [1.29, 1.82) is 0 Å². The van der Waals surface area contributed by atoms with Crippen LogP contribution in [-0.2, 0) is 11.2 Å². The molecule has 0 fully saturated rings. The predicted octanol–water partition coefficient (Wildman–Crippen LogP) is 4.95. The molecule has 0 spiro atoms. The Labute approximate surface area is 131 Å². The van der Waals surface area contributed by atoms with Crippen LogP contribution in [0.1, 0.15) is 22.8 Å². The minimum atomic E-state index is -0.276. The van der Waals surface area contributed by atoms with E-state index in [2.05, 4.69) is 34.1 Å².